The van der Waals surface area contributed by atoms with Crippen molar-refractivity contribution in [2.45, 2.75) is 46.0 Å². The summed E-state index contributed by atoms with van der Waals surface area (Å²) in [5, 5.41) is 8.75. The van der Waals surface area contributed by atoms with E-state index in [1.54, 1.807) is 0 Å². The molecule has 0 bridgehead atoms. The van der Waals surface area contributed by atoms with E-state index >= 15 is 0 Å². The van der Waals surface area contributed by atoms with E-state index in [2.05, 4.69) is 13.8 Å². The normalized spacial score (nSPS) is 28.4. The average Bonchev–Trinajstić information content (AvgIpc) is 2.16. The molecule has 82 valence electrons. The predicted octanol–water partition coefficient (Wildman–Crippen LogP) is 2.40. The number of rotatable bonds is 4. The van der Waals surface area contributed by atoms with Gasteiger partial charge in [-0.1, -0.05) is 13.8 Å². The lowest BCUT2D eigenvalue weighted by molar-refractivity contribution is -0.126. The number of carbonyl (C=O) groups is 1. The molecule has 0 spiro atoms. The Balaban J connectivity index is 2.42. The van der Waals surface area contributed by atoms with Crippen molar-refractivity contribution in [3.8, 4) is 0 Å². The highest BCUT2D eigenvalue weighted by Gasteiger charge is 2.29. The minimum absolute atomic E-state index is 0.218. The Kier molecular flexibility index (Phi) is 4.59. The van der Waals surface area contributed by atoms with Crippen LogP contribution in [0.15, 0.2) is 0 Å². The summed E-state index contributed by atoms with van der Waals surface area (Å²) < 4.78 is 0. The zero-order valence-electron chi connectivity index (χ0n) is 9.33. The van der Waals surface area contributed by atoms with E-state index < -0.39 is 0 Å². The van der Waals surface area contributed by atoms with Gasteiger partial charge in [-0.05, 0) is 37.5 Å². The predicted molar refractivity (Wildman–Crippen MR) is 57.0 cm³/mol. The van der Waals surface area contributed by atoms with Crippen molar-refractivity contribution < 1.29 is 9.90 Å². The summed E-state index contributed by atoms with van der Waals surface area (Å²) in [5.41, 5.74) is 0. The van der Waals surface area contributed by atoms with Crippen molar-refractivity contribution in [1.82, 2.24) is 0 Å². The van der Waals surface area contributed by atoms with Crippen molar-refractivity contribution in [1.29, 1.82) is 0 Å². The van der Waals surface area contributed by atoms with Crippen LogP contribution in [0.4, 0.5) is 0 Å². The van der Waals surface area contributed by atoms with Crippen LogP contribution >= 0.6 is 0 Å². The maximum absolute atomic E-state index is 11.6. The van der Waals surface area contributed by atoms with Crippen molar-refractivity contribution in [2.75, 3.05) is 6.61 Å². The molecule has 0 aromatic carbocycles. The number of hydrogen-bond donors (Lipinski definition) is 1. The molecule has 2 nitrogen and oxygen atoms in total. The summed E-state index contributed by atoms with van der Waals surface area (Å²) in [7, 11) is 0. The second-order valence-electron chi connectivity index (χ2n) is 4.81. The molecule has 2 unspecified atom stereocenters. The molecule has 2 heteroatoms. The first-order valence-corrected chi connectivity index (χ1v) is 5.78. The van der Waals surface area contributed by atoms with E-state index in [0.29, 0.717) is 11.7 Å². The lowest BCUT2D eigenvalue weighted by Gasteiger charge is -2.30. The van der Waals surface area contributed by atoms with Gasteiger partial charge in [-0.3, -0.25) is 4.79 Å². The van der Waals surface area contributed by atoms with E-state index in [1.165, 1.54) is 0 Å². The van der Waals surface area contributed by atoms with Gasteiger partial charge in [0, 0.05) is 18.9 Å². The zero-order chi connectivity index (χ0) is 10.6. The Hall–Kier alpha value is -0.370. The molecular formula is C12H22O2. The molecule has 0 aliphatic heterocycles. The molecular weight excluding hydrogens is 176 g/mol. The van der Waals surface area contributed by atoms with Gasteiger partial charge in [0.15, 0.2) is 0 Å². The van der Waals surface area contributed by atoms with Crippen LogP contribution in [0.1, 0.15) is 46.0 Å². The van der Waals surface area contributed by atoms with E-state index in [-0.39, 0.29) is 12.5 Å². The zero-order valence-corrected chi connectivity index (χ0v) is 9.33. The first-order chi connectivity index (χ1) is 6.65. The first-order valence-electron chi connectivity index (χ1n) is 5.78. The quantitative estimate of drug-likeness (QED) is 0.753. The molecule has 0 amide bonds. The van der Waals surface area contributed by atoms with Gasteiger partial charge in [-0.25, -0.2) is 0 Å². The Labute approximate surface area is 86.7 Å². The van der Waals surface area contributed by atoms with Gasteiger partial charge in [0.05, 0.1) is 0 Å². The highest BCUT2D eigenvalue weighted by molar-refractivity contribution is 5.81. The van der Waals surface area contributed by atoms with E-state index in [0.717, 1.165) is 38.0 Å². The van der Waals surface area contributed by atoms with E-state index in [1.807, 2.05) is 0 Å². The molecule has 14 heavy (non-hydrogen) atoms. The number of ketones is 1. The standard InChI is InChI=1S/C12H22O2/c1-9(2)10-5-6-12(14)11(8-10)4-3-7-13/h9-11,13H,3-8H2,1-2H3. The van der Waals surface area contributed by atoms with Gasteiger partial charge in [0.1, 0.15) is 5.78 Å². The SMILES string of the molecule is CC(C)C1CCC(=O)C(CCCO)C1. The Bertz CT molecular complexity index is 187. The molecule has 1 rings (SSSR count). The van der Waals surface area contributed by atoms with Crippen LogP contribution in [0, 0.1) is 17.8 Å². The monoisotopic (exact) mass is 198 g/mol. The third-order valence-electron chi connectivity index (χ3n) is 3.46. The molecule has 1 aliphatic rings. The van der Waals surface area contributed by atoms with Crippen LogP contribution < -0.4 is 0 Å². The van der Waals surface area contributed by atoms with Gasteiger partial charge in [0.25, 0.3) is 0 Å². The molecule has 2 atom stereocenters. The number of carbonyl (C=O) groups excluding carboxylic acids is 1. The third-order valence-corrected chi connectivity index (χ3v) is 3.46. The average molecular weight is 198 g/mol. The van der Waals surface area contributed by atoms with Crippen LogP contribution in [-0.2, 0) is 4.79 Å². The second-order valence-corrected chi connectivity index (χ2v) is 4.81. The van der Waals surface area contributed by atoms with Crippen molar-refractivity contribution in [2.24, 2.45) is 17.8 Å². The molecule has 1 N–H and O–H groups in total. The lowest BCUT2D eigenvalue weighted by Crippen LogP contribution is -2.27. The summed E-state index contributed by atoms with van der Waals surface area (Å²) in [6.45, 7) is 4.70. The van der Waals surface area contributed by atoms with Gasteiger partial charge in [0.2, 0.25) is 0 Å². The maximum atomic E-state index is 11.6. The molecule has 0 radical (unpaired) electrons. The van der Waals surface area contributed by atoms with E-state index in [9.17, 15) is 4.79 Å². The van der Waals surface area contributed by atoms with Crippen LogP contribution in [-0.4, -0.2) is 17.5 Å². The topological polar surface area (TPSA) is 37.3 Å². The molecule has 1 aliphatic carbocycles. The minimum atomic E-state index is 0.218. The van der Waals surface area contributed by atoms with Gasteiger partial charge < -0.3 is 5.11 Å². The Morgan fingerprint density at radius 2 is 2.21 bits per heavy atom. The molecule has 0 aromatic heterocycles. The first kappa shape index (κ1) is 11.7. The summed E-state index contributed by atoms with van der Waals surface area (Å²) in [4.78, 5) is 11.6. The van der Waals surface area contributed by atoms with Crippen LogP contribution in [0.25, 0.3) is 0 Å². The largest absolute Gasteiger partial charge is 0.396 e. The molecule has 0 aromatic rings. The van der Waals surface area contributed by atoms with Crippen molar-refractivity contribution in [3.05, 3.63) is 0 Å². The summed E-state index contributed by atoms with van der Waals surface area (Å²) in [5.74, 6) is 2.08. The Morgan fingerprint density at radius 1 is 1.50 bits per heavy atom. The third kappa shape index (κ3) is 3.09. The van der Waals surface area contributed by atoms with Crippen molar-refractivity contribution in [3.63, 3.8) is 0 Å². The van der Waals surface area contributed by atoms with Crippen LogP contribution in [0.5, 0.6) is 0 Å². The second kappa shape index (κ2) is 5.50. The summed E-state index contributed by atoms with van der Waals surface area (Å²) >= 11 is 0. The number of hydrogen-bond acceptors (Lipinski definition) is 2. The summed E-state index contributed by atoms with van der Waals surface area (Å²) in [6, 6.07) is 0. The highest BCUT2D eigenvalue weighted by atomic mass is 16.2. The maximum Gasteiger partial charge on any atom is 0.135 e. The van der Waals surface area contributed by atoms with Crippen LogP contribution in [0.3, 0.4) is 0 Å². The highest BCUT2D eigenvalue weighted by Crippen LogP contribution is 2.33. The molecule has 1 fully saturated rings. The van der Waals surface area contributed by atoms with Crippen LogP contribution in [0.2, 0.25) is 0 Å². The fraction of sp³-hybridized carbons (Fsp3) is 0.917. The molecule has 1 saturated carbocycles. The van der Waals surface area contributed by atoms with Gasteiger partial charge in [-0.15, -0.1) is 0 Å². The number of aliphatic hydroxyl groups excluding tert-OH is 1. The van der Waals surface area contributed by atoms with Gasteiger partial charge in [-0.2, -0.15) is 0 Å². The molecule has 0 saturated heterocycles. The summed E-state index contributed by atoms with van der Waals surface area (Å²) in [6.07, 6.45) is 4.56. The smallest absolute Gasteiger partial charge is 0.135 e. The fourth-order valence-electron chi connectivity index (χ4n) is 2.37. The number of aliphatic hydroxyl groups is 1. The Morgan fingerprint density at radius 3 is 2.79 bits per heavy atom. The minimum Gasteiger partial charge on any atom is -0.396 e. The molecule has 0 heterocycles. The van der Waals surface area contributed by atoms with Crippen molar-refractivity contribution >= 4 is 5.78 Å². The lowest BCUT2D eigenvalue weighted by atomic mass is 9.74. The van der Waals surface area contributed by atoms with E-state index in [4.69, 9.17) is 5.11 Å². The number of Topliss-reactive ketones (excluding diaryl/α,β-unsaturated/α-hetero) is 1. The van der Waals surface area contributed by atoms with Gasteiger partial charge >= 0.3 is 0 Å². The fourth-order valence-corrected chi connectivity index (χ4v) is 2.37.